The lowest BCUT2D eigenvalue weighted by atomic mass is 10.1. The van der Waals surface area contributed by atoms with Gasteiger partial charge in [0, 0.05) is 10.6 Å². The van der Waals surface area contributed by atoms with Crippen molar-refractivity contribution in [2.75, 3.05) is 6.61 Å². The first kappa shape index (κ1) is 15.3. The topological polar surface area (TPSA) is 26.3 Å². The standard InChI is InChI=1S/C14H8BrCl2FO2/c15-11-6-9(18)2-4-14(11)20-7-13(19)10-5-8(16)1-3-12(10)17/h1-6H,7H2. The molecule has 104 valence electrons. The molecule has 0 saturated carbocycles. The van der Waals surface area contributed by atoms with E-state index in [9.17, 15) is 9.18 Å². The maximum atomic E-state index is 12.9. The molecule has 2 aromatic carbocycles. The van der Waals surface area contributed by atoms with Gasteiger partial charge in [-0.1, -0.05) is 23.2 Å². The molecule has 2 nitrogen and oxygen atoms in total. The van der Waals surface area contributed by atoms with Gasteiger partial charge in [0.15, 0.2) is 6.61 Å². The molecule has 0 aromatic heterocycles. The Balaban J connectivity index is 2.10. The Labute approximate surface area is 133 Å². The number of Topliss-reactive ketones (excluding diaryl/α,β-unsaturated/α-hetero) is 1. The maximum absolute atomic E-state index is 12.9. The summed E-state index contributed by atoms with van der Waals surface area (Å²) in [5, 5.41) is 0.724. The van der Waals surface area contributed by atoms with E-state index in [1.54, 1.807) is 12.1 Å². The molecule has 0 unspecified atom stereocenters. The molecule has 0 heterocycles. The van der Waals surface area contributed by atoms with E-state index in [1.807, 2.05) is 0 Å². The van der Waals surface area contributed by atoms with Gasteiger partial charge in [-0.05, 0) is 52.3 Å². The summed E-state index contributed by atoms with van der Waals surface area (Å²) in [5.74, 6) is -0.333. The second-order valence-corrected chi connectivity index (χ2v) is 5.61. The third kappa shape index (κ3) is 3.72. The lowest BCUT2D eigenvalue weighted by Crippen LogP contribution is -2.12. The summed E-state index contributed by atoms with van der Waals surface area (Å²) in [7, 11) is 0. The number of hydrogen-bond donors (Lipinski definition) is 0. The summed E-state index contributed by atoms with van der Waals surface area (Å²) < 4.78 is 18.7. The number of ether oxygens (including phenoxy) is 1. The molecule has 0 atom stereocenters. The number of carbonyl (C=O) groups excluding carboxylic acids is 1. The minimum Gasteiger partial charge on any atom is -0.484 e. The van der Waals surface area contributed by atoms with Crippen LogP contribution in [0, 0.1) is 5.82 Å². The highest BCUT2D eigenvalue weighted by Gasteiger charge is 2.13. The molecule has 0 N–H and O–H groups in total. The number of carbonyl (C=O) groups is 1. The van der Waals surface area contributed by atoms with Crippen molar-refractivity contribution in [1.29, 1.82) is 0 Å². The van der Waals surface area contributed by atoms with Crippen molar-refractivity contribution in [2.24, 2.45) is 0 Å². The SMILES string of the molecule is O=C(COc1ccc(F)cc1Br)c1cc(Cl)ccc1Cl. The Hall–Kier alpha value is -1.10. The fraction of sp³-hybridized carbons (Fsp3) is 0.0714. The molecule has 0 amide bonds. The third-order valence-electron chi connectivity index (χ3n) is 2.48. The van der Waals surface area contributed by atoms with Crippen molar-refractivity contribution in [3.05, 3.63) is 62.3 Å². The van der Waals surface area contributed by atoms with Crippen molar-refractivity contribution in [2.45, 2.75) is 0 Å². The molecule has 0 spiro atoms. The molecule has 0 fully saturated rings. The second-order valence-electron chi connectivity index (χ2n) is 3.91. The van der Waals surface area contributed by atoms with Crippen LogP contribution in [0.5, 0.6) is 5.75 Å². The van der Waals surface area contributed by atoms with Crippen molar-refractivity contribution in [3.63, 3.8) is 0 Å². The monoisotopic (exact) mass is 376 g/mol. The number of ketones is 1. The second kappa shape index (κ2) is 6.57. The normalized spacial score (nSPS) is 10.4. The average molecular weight is 378 g/mol. The third-order valence-corrected chi connectivity index (χ3v) is 3.67. The number of benzene rings is 2. The first-order valence-electron chi connectivity index (χ1n) is 5.53. The molecule has 0 aliphatic heterocycles. The van der Waals surface area contributed by atoms with Crippen LogP contribution in [0.1, 0.15) is 10.4 Å². The molecule has 0 aliphatic carbocycles. The van der Waals surface area contributed by atoms with E-state index in [0.717, 1.165) is 0 Å². The Kier molecular flexibility index (Phi) is 5.02. The minimum atomic E-state index is -0.395. The van der Waals surface area contributed by atoms with E-state index in [0.29, 0.717) is 20.3 Å². The molecule has 0 radical (unpaired) electrons. The van der Waals surface area contributed by atoms with Crippen LogP contribution < -0.4 is 4.74 Å². The van der Waals surface area contributed by atoms with Gasteiger partial charge in [-0.2, -0.15) is 0 Å². The van der Waals surface area contributed by atoms with Gasteiger partial charge in [-0.3, -0.25) is 4.79 Å². The van der Waals surface area contributed by atoms with Gasteiger partial charge in [-0.25, -0.2) is 4.39 Å². The molecule has 0 saturated heterocycles. The van der Waals surface area contributed by atoms with E-state index in [2.05, 4.69) is 15.9 Å². The van der Waals surface area contributed by atoms with Crippen LogP contribution in [-0.2, 0) is 0 Å². The summed E-state index contributed by atoms with van der Waals surface area (Å²) >= 11 is 14.9. The van der Waals surface area contributed by atoms with E-state index < -0.39 is 5.82 Å². The van der Waals surface area contributed by atoms with Crippen LogP contribution >= 0.6 is 39.1 Å². The summed E-state index contributed by atoms with van der Waals surface area (Å²) in [6.45, 7) is -0.218. The van der Waals surface area contributed by atoms with Crippen LogP contribution in [0.2, 0.25) is 10.0 Å². The Bertz CT molecular complexity index is 662. The zero-order chi connectivity index (χ0) is 14.7. The van der Waals surface area contributed by atoms with Crippen LogP contribution in [0.4, 0.5) is 4.39 Å². The predicted octanol–water partition coefficient (Wildman–Crippen LogP) is 5.16. The van der Waals surface area contributed by atoms with Crippen molar-refractivity contribution in [3.8, 4) is 5.75 Å². The average Bonchev–Trinajstić information content (AvgIpc) is 2.40. The first-order chi connectivity index (χ1) is 9.47. The maximum Gasteiger partial charge on any atom is 0.201 e. The lowest BCUT2D eigenvalue weighted by molar-refractivity contribution is 0.0921. The van der Waals surface area contributed by atoms with E-state index in [4.69, 9.17) is 27.9 Å². The number of rotatable bonds is 4. The molecule has 20 heavy (non-hydrogen) atoms. The smallest absolute Gasteiger partial charge is 0.201 e. The van der Waals surface area contributed by atoms with Crippen LogP contribution in [0.25, 0.3) is 0 Å². The highest BCUT2D eigenvalue weighted by molar-refractivity contribution is 9.10. The molecule has 6 heteroatoms. The molecule has 2 rings (SSSR count). The Morgan fingerprint density at radius 3 is 2.65 bits per heavy atom. The molecular formula is C14H8BrCl2FO2. The van der Waals surface area contributed by atoms with Gasteiger partial charge in [0.1, 0.15) is 11.6 Å². The quantitative estimate of drug-likeness (QED) is 0.688. The zero-order valence-electron chi connectivity index (χ0n) is 10.00. The van der Waals surface area contributed by atoms with Crippen molar-refractivity contribution >= 4 is 44.9 Å². The zero-order valence-corrected chi connectivity index (χ0v) is 13.1. The highest BCUT2D eigenvalue weighted by atomic mass is 79.9. The summed E-state index contributed by atoms with van der Waals surface area (Å²) in [6, 6.07) is 8.56. The number of hydrogen-bond acceptors (Lipinski definition) is 2. The number of halogens is 4. The molecule has 2 aromatic rings. The fourth-order valence-electron chi connectivity index (χ4n) is 1.52. The Morgan fingerprint density at radius 1 is 1.20 bits per heavy atom. The minimum absolute atomic E-state index is 0.218. The van der Waals surface area contributed by atoms with Crippen molar-refractivity contribution < 1.29 is 13.9 Å². The van der Waals surface area contributed by atoms with Gasteiger partial charge >= 0.3 is 0 Å². The van der Waals surface area contributed by atoms with Gasteiger partial charge in [-0.15, -0.1) is 0 Å². The van der Waals surface area contributed by atoms with Gasteiger partial charge in [0.25, 0.3) is 0 Å². The fourth-order valence-corrected chi connectivity index (χ4v) is 2.38. The van der Waals surface area contributed by atoms with E-state index in [1.165, 1.54) is 24.3 Å². The largest absolute Gasteiger partial charge is 0.484 e. The van der Waals surface area contributed by atoms with Crippen LogP contribution in [-0.4, -0.2) is 12.4 Å². The summed E-state index contributed by atoms with van der Waals surface area (Å²) in [6.07, 6.45) is 0. The van der Waals surface area contributed by atoms with Gasteiger partial charge < -0.3 is 4.74 Å². The van der Waals surface area contributed by atoms with E-state index in [-0.39, 0.29) is 18.0 Å². The van der Waals surface area contributed by atoms with Crippen LogP contribution in [0.15, 0.2) is 40.9 Å². The first-order valence-corrected chi connectivity index (χ1v) is 7.08. The van der Waals surface area contributed by atoms with E-state index >= 15 is 0 Å². The van der Waals surface area contributed by atoms with Gasteiger partial charge in [0.05, 0.1) is 9.50 Å². The predicted molar refractivity (Wildman–Crippen MR) is 80.4 cm³/mol. The summed E-state index contributed by atoms with van der Waals surface area (Å²) in [4.78, 5) is 12.0. The highest BCUT2D eigenvalue weighted by Crippen LogP contribution is 2.26. The van der Waals surface area contributed by atoms with Crippen molar-refractivity contribution in [1.82, 2.24) is 0 Å². The molecule has 0 bridgehead atoms. The molecule has 0 aliphatic rings. The van der Waals surface area contributed by atoms with Gasteiger partial charge in [0.2, 0.25) is 5.78 Å². The van der Waals surface area contributed by atoms with Crippen LogP contribution in [0.3, 0.4) is 0 Å². The molecular weight excluding hydrogens is 370 g/mol. The summed E-state index contributed by atoms with van der Waals surface area (Å²) in [5.41, 5.74) is 0.289. The lowest BCUT2D eigenvalue weighted by Gasteiger charge is -2.08. The Morgan fingerprint density at radius 2 is 1.95 bits per heavy atom.